The molecule has 25 heavy (non-hydrogen) atoms. The fraction of sp³-hybridized carbons (Fsp3) is 0.350. The van der Waals surface area contributed by atoms with Crippen LogP contribution in [0.2, 0.25) is 0 Å². The maximum atomic E-state index is 5.83. The van der Waals surface area contributed by atoms with E-state index in [2.05, 4.69) is 48.8 Å². The Morgan fingerprint density at radius 1 is 1.08 bits per heavy atom. The number of hydrogen-bond donors (Lipinski definition) is 0. The largest absolute Gasteiger partial charge is 0.493 e. The maximum Gasteiger partial charge on any atom is 0.269 e. The molecule has 2 rings (SSSR count). The highest BCUT2D eigenvalue weighted by Crippen LogP contribution is 2.25. The van der Waals surface area contributed by atoms with Crippen molar-refractivity contribution in [3.05, 3.63) is 54.1 Å². The first-order valence-electron chi connectivity index (χ1n) is 8.16. The number of rotatable bonds is 5. The Bertz CT molecular complexity index is 710. The standard InChI is InChI=1S/C20H24BrNO2S/c1-20(2,3)15-8-10-17(11-9-15)24-19(25)22(4)16-6-5-7-18(14-16)23-13-12-21/h5-11,14H,12-13H2,1-4H3. The zero-order chi connectivity index (χ0) is 18.4. The van der Waals surface area contributed by atoms with Gasteiger partial charge >= 0.3 is 0 Å². The average molecular weight is 422 g/mol. The minimum atomic E-state index is 0.116. The number of ether oxygens (including phenoxy) is 2. The van der Waals surface area contributed by atoms with Gasteiger partial charge in [0.05, 0.1) is 6.61 Å². The summed E-state index contributed by atoms with van der Waals surface area (Å²) in [5, 5.41) is 1.18. The fourth-order valence-electron chi connectivity index (χ4n) is 2.24. The van der Waals surface area contributed by atoms with Crippen LogP contribution in [0.25, 0.3) is 0 Å². The van der Waals surface area contributed by atoms with Gasteiger partial charge in [0.1, 0.15) is 11.5 Å². The number of benzene rings is 2. The van der Waals surface area contributed by atoms with Gasteiger partial charge in [-0.1, -0.05) is 54.9 Å². The molecule has 0 aliphatic carbocycles. The molecule has 0 saturated carbocycles. The highest BCUT2D eigenvalue weighted by molar-refractivity contribution is 9.09. The summed E-state index contributed by atoms with van der Waals surface area (Å²) in [4.78, 5) is 1.83. The topological polar surface area (TPSA) is 21.7 Å². The predicted octanol–water partition coefficient (Wildman–Crippen LogP) is 5.56. The van der Waals surface area contributed by atoms with Gasteiger partial charge in [0.25, 0.3) is 5.17 Å². The van der Waals surface area contributed by atoms with Gasteiger partial charge in [-0.3, -0.25) is 0 Å². The Labute approximate surface area is 164 Å². The molecule has 0 aliphatic rings. The molecule has 0 N–H and O–H groups in total. The molecular weight excluding hydrogens is 398 g/mol. The Morgan fingerprint density at radius 2 is 1.76 bits per heavy atom. The Morgan fingerprint density at radius 3 is 2.36 bits per heavy atom. The van der Waals surface area contributed by atoms with Gasteiger partial charge in [-0.25, -0.2) is 0 Å². The second-order valence-corrected chi connectivity index (χ2v) is 7.88. The van der Waals surface area contributed by atoms with Crippen LogP contribution in [0.15, 0.2) is 48.5 Å². The van der Waals surface area contributed by atoms with E-state index in [9.17, 15) is 0 Å². The summed E-state index contributed by atoms with van der Waals surface area (Å²) in [5.74, 6) is 1.54. The van der Waals surface area contributed by atoms with Crippen LogP contribution in [-0.2, 0) is 5.41 Å². The van der Waals surface area contributed by atoms with Crippen LogP contribution in [0.5, 0.6) is 11.5 Å². The second-order valence-electron chi connectivity index (χ2n) is 6.74. The van der Waals surface area contributed by atoms with E-state index in [1.807, 2.05) is 48.3 Å². The van der Waals surface area contributed by atoms with Gasteiger partial charge in [0.2, 0.25) is 0 Å². The van der Waals surface area contributed by atoms with E-state index < -0.39 is 0 Å². The van der Waals surface area contributed by atoms with Gasteiger partial charge in [-0.05, 0) is 47.5 Å². The lowest BCUT2D eigenvalue weighted by Gasteiger charge is -2.22. The first-order chi connectivity index (χ1) is 11.8. The number of thiocarbonyl (C=S) groups is 1. The quantitative estimate of drug-likeness (QED) is 0.465. The van der Waals surface area contributed by atoms with Crippen LogP contribution in [0.4, 0.5) is 5.69 Å². The van der Waals surface area contributed by atoms with Crippen molar-refractivity contribution in [1.29, 1.82) is 0 Å². The van der Waals surface area contributed by atoms with Crippen LogP contribution < -0.4 is 14.4 Å². The third kappa shape index (κ3) is 5.72. The smallest absolute Gasteiger partial charge is 0.269 e. The van der Waals surface area contributed by atoms with E-state index in [0.717, 1.165) is 22.5 Å². The minimum absolute atomic E-state index is 0.116. The normalized spacial score (nSPS) is 11.1. The first kappa shape index (κ1) is 19.7. The van der Waals surface area contributed by atoms with Crippen LogP contribution in [0, 0.1) is 0 Å². The summed E-state index contributed by atoms with van der Waals surface area (Å²) < 4.78 is 11.5. The van der Waals surface area contributed by atoms with E-state index in [4.69, 9.17) is 21.7 Å². The van der Waals surface area contributed by atoms with E-state index in [1.54, 1.807) is 0 Å². The monoisotopic (exact) mass is 421 g/mol. The van der Waals surface area contributed by atoms with Gasteiger partial charge in [0, 0.05) is 24.1 Å². The summed E-state index contributed by atoms with van der Waals surface area (Å²) in [6.07, 6.45) is 0. The minimum Gasteiger partial charge on any atom is -0.493 e. The third-order valence-corrected chi connectivity index (χ3v) is 4.43. The maximum absolute atomic E-state index is 5.83. The highest BCUT2D eigenvalue weighted by atomic mass is 79.9. The lowest BCUT2D eigenvalue weighted by molar-refractivity contribution is 0.345. The lowest BCUT2D eigenvalue weighted by atomic mass is 9.87. The molecule has 0 radical (unpaired) electrons. The van der Waals surface area contributed by atoms with Gasteiger partial charge in [-0.2, -0.15) is 0 Å². The Hall–Kier alpha value is -1.59. The van der Waals surface area contributed by atoms with Crippen molar-refractivity contribution in [2.24, 2.45) is 0 Å². The summed E-state index contributed by atoms with van der Waals surface area (Å²) in [5.41, 5.74) is 2.30. The first-order valence-corrected chi connectivity index (χ1v) is 9.69. The molecule has 0 heterocycles. The molecule has 0 spiro atoms. The molecule has 0 aliphatic heterocycles. The highest BCUT2D eigenvalue weighted by Gasteiger charge is 2.14. The molecule has 0 saturated heterocycles. The zero-order valence-electron chi connectivity index (χ0n) is 15.1. The van der Waals surface area contributed by atoms with E-state index in [-0.39, 0.29) is 5.41 Å². The van der Waals surface area contributed by atoms with Crippen molar-refractivity contribution < 1.29 is 9.47 Å². The van der Waals surface area contributed by atoms with E-state index >= 15 is 0 Å². The Kier molecular flexibility index (Phi) is 6.85. The summed E-state index contributed by atoms with van der Waals surface area (Å²) >= 11 is 8.79. The van der Waals surface area contributed by atoms with E-state index in [0.29, 0.717) is 11.8 Å². The summed E-state index contributed by atoms with van der Waals surface area (Å²) in [6.45, 7) is 7.18. The molecule has 2 aromatic carbocycles. The Balaban J connectivity index is 2.05. The molecule has 2 aromatic rings. The van der Waals surface area contributed by atoms with Crippen LogP contribution in [0.3, 0.4) is 0 Å². The number of anilines is 1. The van der Waals surface area contributed by atoms with Gasteiger partial charge in [-0.15, -0.1) is 0 Å². The second kappa shape index (κ2) is 8.68. The molecule has 0 bridgehead atoms. The van der Waals surface area contributed by atoms with E-state index in [1.165, 1.54) is 5.56 Å². The molecule has 0 atom stereocenters. The lowest BCUT2D eigenvalue weighted by Crippen LogP contribution is -2.29. The SMILES string of the molecule is CN(C(=S)Oc1ccc(C(C)(C)C)cc1)c1cccc(OCCBr)c1. The van der Waals surface area contributed by atoms with Crippen molar-refractivity contribution in [3.8, 4) is 11.5 Å². The van der Waals surface area contributed by atoms with Crippen LogP contribution >= 0.6 is 28.1 Å². The van der Waals surface area contributed by atoms with Crippen molar-refractivity contribution in [2.45, 2.75) is 26.2 Å². The molecule has 3 nitrogen and oxygen atoms in total. The molecule has 0 unspecified atom stereocenters. The molecule has 0 fully saturated rings. The predicted molar refractivity (Wildman–Crippen MR) is 113 cm³/mol. The van der Waals surface area contributed by atoms with Crippen LogP contribution in [-0.4, -0.2) is 24.2 Å². The van der Waals surface area contributed by atoms with Crippen LogP contribution in [0.1, 0.15) is 26.3 Å². The fourth-order valence-corrected chi connectivity index (χ4v) is 2.60. The molecular formula is C20H24BrNO2S. The van der Waals surface area contributed by atoms with Crippen molar-refractivity contribution in [3.63, 3.8) is 0 Å². The molecule has 0 aromatic heterocycles. The number of alkyl halides is 1. The molecule has 134 valence electrons. The summed E-state index contributed by atoms with van der Waals surface area (Å²) in [6, 6.07) is 15.8. The summed E-state index contributed by atoms with van der Waals surface area (Å²) in [7, 11) is 1.88. The van der Waals surface area contributed by atoms with Crippen molar-refractivity contribution >= 4 is 39.0 Å². The molecule has 5 heteroatoms. The average Bonchev–Trinajstić information content (AvgIpc) is 2.59. The number of nitrogens with zero attached hydrogens (tertiary/aromatic N) is 1. The molecule has 0 amide bonds. The van der Waals surface area contributed by atoms with Crippen molar-refractivity contribution in [2.75, 3.05) is 23.9 Å². The number of halogens is 1. The number of hydrogen-bond acceptors (Lipinski definition) is 3. The zero-order valence-corrected chi connectivity index (χ0v) is 17.5. The van der Waals surface area contributed by atoms with Crippen molar-refractivity contribution in [1.82, 2.24) is 0 Å². The van der Waals surface area contributed by atoms with Gasteiger partial charge < -0.3 is 14.4 Å². The van der Waals surface area contributed by atoms with Gasteiger partial charge in [0.15, 0.2) is 0 Å². The third-order valence-electron chi connectivity index (χ3n) is 3.75.